The zero-order valence-electron chi connectivity index (χ0n) is 18.2. The number of ether oxygens (including phenoxy) is 3. The van der Waals surface area contributed by atoms with Crippen LogP contribution in [0.3, 0.4) is 0 Å². The molecule has 2 aromatic rings. The highest BCUT2D eigenvalue weighted by molar-refractivity contribution is 7.99. The van der Waals surface area contributed by atoms with Gasteiger partial charge in [-0.3, -0.25) is 4.79 Å². The number of carbonyl (C=O) groups is 1. The molecule has 2 aromatic carbocycles. The highest BCUT2D eigenvalue weighted by Crippen LogP contribution is 2.32. The lowest BCUT2D eigenvalue weighted by Gasteiger charge is -2.26. The van der Waals surface area contributed by atoms with E-state index in [4.69, 9.17) is 14.2 Å². The summed E-state index contributed by atoms with van der Waals surface area (Å²) in [5.41, 5.74) is -1.00. The molecule has 0 bridgehead atoms. The summed E-state index contributed by atoms with van der Waals surface area (Å²) in [6, 6.07) is 10.0. The van der Waals surface area contributed by atoms with Gasteiger partial charge in [-0.05, 0) is 61.4 Å². The maximum Gasteiger partial charge on any atom is 0.416 e. The summed E-state index contributed by atoms with van der Waals surface area (Å²) in [5, 5.41) is 10.8. The Labute approximate surface area is 189 Å². The fourth-order valence-corrected chi connectivity index (χ4v) is 3.78. The Morgan fingerprint density at radius 3 is 2.31 bits per heavy atom. The van der Waals surface area contributed by atoms with Crippen molar-refractivity contribution in [3.63, 3.8) is 0 Å². The molecule has 5 nitrogen and oxygen atoms in total. The number of benzene rings is 2. The molecule has 176 valence electrons. The average Bonchev–Trinajstić information content (AvgIpc) is 2.74. The van der Waals surface area contributed by atoms with Crippen LogP contribution in [0.5, 0.6) is 11.5 Å². The minimum absolute atomic E-state index is 0.0435. The average molecular weight is 473 g/mol. The fraction of sp³-hybridized carbons (Fsp3) is 0.435. The van der Waals surface area contributed by atoms with Crippen LogP contribution in [0.25, 0.3) is 0 Å². The van der Waals surface area contributed by atoms with Crippen molar-refractivity contribution in [3.05, 3.63) is 53.6 Å². The standard InChI is InChI=1S/C23H27F3O5S/c1-4-22(28,14-31-19-7-5-18(6-8-19)23(24,25)26)15-32-20-9-10-21(16(2)13-20)30-12-11-29-17(3)27/h5-10,13,28H,4,11-12,14-15H2,1-3H3. The highest BCUT2D eigenvalue weighted by Gasteiger charge is 2.30. The largest absolute Gasteiger partial charge is 0.491 e. The van der Waals surface area contributed by atoms with Crippen LogP contribution >= 0.6 is 11.8 Å². The molecule has 1 atom stereocenters. The van der Waals surface area contributed by atoms with Gasteiger partial charge in [0.15, 0.2) is 0 Å². The third kappa shape index (κ3) is 8.27. The molecule has 1 N–H and O–H groups in total. The lowest BCUT2D eigenvalue weighted by molar-refractivity contribution is -0.141. The third-order valence-electron chi connectivity index (χ3n) is 4.65. The topological polar surface area (TPSA) is 65.0 Å². The van der Waals surface area contributed by atoms with Crippen molar-refractivity contribution in [1.29, 1.82) is 0 Å². The number of alkyl halides is 3. The Balaban J connectivity index is 1.88. The zero-order valence-corrected chi connectivity index (χ0v) is 19.0. The second-order valence-corrected chi connectivity index (χ2v) is 8.34. The molecule has 0 aromatic heterocycles. The first-order valence-corrected chi connectivity index (χ1v) is 11.0. The molecule has 0 fully saturated rings. The van der Waals surface area contributed by atoms with Crippen molar-refractivity contribution in [2.24, 2.45) is 0 Å². The second kappa shape index (κ2) is 11.5. The number of esters is 1. The number of halogens is 3. The van der Waals surface area contributed by atoms with E-state index in [-0.39, 0.29) is 31.5 Å². The van der Waals surface area contributed by atoms with E-state index in [1.54, 1.807) is 0 Å². The Kier molecular flexibility index (Phi) is 9.27. The second-order valence-electron chi connectivity index (χ2n) is 7.29. The van der Waals surface area contributed by atoms with E-state index in [1.165, 1.54) is 30.8 Å². The van der Waals surface area contributed by atoms with Gasteiger partial charge in [0.2, 0.25) is 0 Å². The van der Waals surface area contributed by atoms with Crippen molar-refractivity contribution in [1.82, 2.24) is 0 Å². The Bertz CT molecular complexity index is 886. The van der Waals surface area contributed by atoms with Crippen LogP contribution in [0.1, 0.15) is 31.4 Å². The van der Waals surface area contributed by atoms with Crippen molar-refractivity contribution < 1.29 is 37.3 Å². The molecule has 0 heterocycles. The molecule has 0 aliphatic heterocycles. The molecule has 9 heteroatoms. The minimum atomic E-state index is -4.40. The molecular weight excluding hydrogens is 445 g/mol. The first kappa shape index (κ1) is 25.9. The van der Waals surface area contributed by atoms with E-state index in [2.05, 4.69) is 0 Å². The van der Waals surface area contributed by atoms with Gasteiger partial charge in [-0.2, -0.15) is 13.2 Å². The molecule has 1 unspecified atom stereocenters. The molecule has 0 aliphatic rings. The molecule has 0 radical (unpaired) electrons. The summed E-state index contributed by atoms with van der Waals surface area (Å²) in [7, 11) is 0. The van der Waals surface area contributed by atoms with Gasteiger partial charge in [0.05, 0.1) is 5.56 Å². The van der Waals surface area contributed by atoms with Gasteiger partial charge in [0, 0.05) is 17.6 Å². The van der Waals surface area contributed by atoms with Crippen LogP contribution in [-0.2, 0) is 15.7 Å². The number of aliphatic hydroxyl groups is 1. The molecule has 0 saturated carbocycles. The van der Waals surface area contributed by atoms with Crippen LogP contribution in [0.15, 0.2) is 47.4 Å². The summed E-state index contributed by atoms with van der Waals surface area (Å²) < 4.78 is 54.0. The van der Waals surface area contributed by atoms with Gasteiger partial charge >= 0.3 is 12.1 Å². The molecule has 32 heavy (non-hydrogen) atoms. The monoisotopic (exact) mass is 472 g/mol. The minimum Gasteiger partial charge on any atom is -0.491 e. The maximum absolute atomic E-state index is 12.7. The number of hydrogen-bond donors (Lipinski definition) is 1. The Hall–Kier alpha value is -2.39. The smallest absolute Gasteiger partial charge is 0.416 e. The Morgan fingerprint density at radius 1 is 1.06 bits per heavy atom. The Morgan fingerprint density at radius 2 is 1.75 bits per heavy atom. The van der Waals surface area contributed by atoms with Gasteiger partial charge in [0.1, 0.15) is 36.9 Å². The first-order chi connectivity index (χ1) is 15.0. The fourth-order valence-electron chi connectivity index (χ4n) is 2.63. The van der Waals surface area contributed by atoms with E-state index < -0.39 is 17.3 Å². The van der Waals surface area contributed by atoms with Gasteiger partial charge in [0.25, 0.3) is 0 Å². The summed E-state index contributed by atoms with van der Waals surface area (Å²) in [6.07, 6.45) is -3.99. The summed E-state index contributed by atoms with van der Waals surface area (Å²) in [6.45, 7) is 5.44. The van der Waals surface area contributed by atoms with Gasteiger partial charge in [-0.25, -0.2) is 0 Å². The van der Waals surface area contributed by atoms with Crippen molar-refractivity contribution in [2.45, 2.75) is 43.9 Å². The molecular formula is C23H27F3O5S. The first-order valence-electron chi connectivity index (χ1n) is 10.0. The predicted octanol–water partition coefficient (Wildman–Crippen LogP) is 5.27. The maximum atomic E-state index is 12.7. The number of thioether (sulfide) groups is 1. The molecule has 0 amide bonds. The zero-order chi connectivity index (χ0) is 23.8. The third-order valence-corrected chi connectivity index (χ3v) is 5.92. The van der Waals surface area contributed by atoms with E-state index in [0.29, 0.717) is 17.9 Å². The summed E-state index contributed by atoms with van der Waals surface area (Å²) >= 11 is 1.44. The van der Waals surface area contributed by atoms with Gasteiger partial charge < -0.3 is 19.3 Å². The SMILES string of the molecule is CCC(O)(COc1ccc(C(F)(F)F)cc1)CSc1ccc(OCCOC(C)=O)c(C)c1. The van der Waals surface area contributed by atoms with E-state index in [0.717, 1.165) is 22.6 Å². The van der Waals surface area contributed by atoms with Crippen LogP contribution < -0.4 is 9.47 Å². The van der Waals surface area contributed by atoms with E-state index in [1.807, 2.05) is 32.0 Å². The van der Waals surface area contributed by atoms with Crippen LogP contribution in [0.4, 0.5) is 13.2 Å². The quantitative estimate of drug-likeness (QED) is 0.273. The lowest BCUT2D eigenvalue weighted by atomic mass is 10.1. The van der Waals surface area contributed by atoms with Crippen molar-refractivity contribution in [2.75, 3.05) is 25.6 Å². The molecule has 0 saturated heterocycles. The molecule has 0 spiro atoms. The normalized spacial score (nSPS) is 13.3. The molecule has 2 rings (SSSR count). The molecule has 0 aliphatic carbocycles. The van der Waals surface area contributed by atoms with Crippen LogP contribution in [-0.4, -0.2) is 42.3 Å². The predicted molar refractivity (Wildman–Crippen MR) is 116 cm³/mol. The van der Waals surface area contributed by atoms with E-state index >= 15 is 0 Å². The van der Waals surface area contributed by atoms with Crippen molar-refractivity contribution in [3.8, 4) is 11.5 Å². The number of aryl methyl sites for hydroxylation is 1. The van der Waals surface area contributed by atoms with Gasteiger partial charge in [-0.1, -0.05) is 6.92 Å². The van der Waals surface area contributed by atoms with Crippen LogP contribution in [0.2, 0.25) is 0 Å². The van der Waals surface area contributed by atoms with Crippen LogP contribution in [0, 0.1) is 6.92 Å². The summed E-state index contributed by atoms with van der Waals surface area (Å²) in [4.78, 5) is 11.7. The number of rotatable bonds is 11. The highest BCUT2D eigenvalue weighted by atomic mass is 32.2. The number of carbonyl (C=O) groups excluding carboxylic acids is 1. The van der Waals surface area contributed by atoms with Gasteiger partial charge in [-0.15, -0.1) is 11.8 Å². The van der Waals surface area contributed by atoms with E-state index in [9.17, 15) is 23.1 Å². The van der Waals surface area contributed by atoms with Crippen molar-refractivity contribution >= 4 is 17.7 Å². The lowest BCUT2D eigenvalue weighted by Crippen LogP contribution is -2.38. The number of hydrogen-bond acceptors (Lipinski definition) is 6. The summed E-state index contributed by atoms with van der Waals surface area (Å²) in [5.74, 6) is 0.928.